The molecule has 12 nitrogen and oxygen atoms in total. The summed E-state index contributed by atoms with van der Waals surface area (Å²) in [5, 5.41) is 18.5. The van der Waals surface area contributed by atoms with Crippen molar-refractivity contribution in [2.24, 2.45) is 0 Å². The summed E-state index contributed by atoms with van der Waals surface area (Å²) < 4.78 is 22.7. The second-order valence-corrected chi connectivity index (χ2v) is 7.59. The van der Waals surface area contributed by atoms with E-state index >= 15 is 0 Å². The van der Waals surface area contributed by atoms with E-state index in [2.05, 4.69) is 25.9 Å². The maximum Gasteiger partial charge on any atom is 0.381 e. The SMILES string of the molecule is COc1c(N[C@H]2COC[C@H]2OC)cc(C(=O)Nc2nnc(-n3nccc3C)s2)oc1=O. The highest BCUT2D eigenvalue weighted by atomic mass is 32.1. The van der Waals surface area contributed by atoms with Crippen LogP contribution >= 0.6 is 11.3 Å². The zero-order valence-electron chi connectivity index (χ0n) is 16.9. The molecule has 2 N–H and O–H groups in total. The molecule has 3 aromatic rings. The summed E-state index contributed by atoms with van der Waals surface area (Å²) >= 11 is 1.13. The minimum atomic E-state index is -0.796. The molecule has 0 aromatic carbocycles. The molecule has 1 fully saturated rings. The first-order valence-electron chi connectivity index (χ1n) is 9.25. The van der Waals surface area contributed by atoms with Crippen molar-refractivity contribution >= 4 is 28.1 Å². The van der Waals surface area contributed by atoms with E-state index in [1.54, 1.807) is 18.0 Å². The molecule has 0 aliphatic carbocycles. The predicted octanol–water partition coefficient (Wildman–Crippen LogP) is 1.07. The van der Waals surface area contributed by atoms with Crippen molar-refractivity contribution in [3.63, 3.8) is 0 Å². The Kier molecular flexibility index (Phi) is 5.97. The number of nitrogens with one attached hydrogen (secondary N) is 2. The lowest BCUT2D eigenvalue weighted by molar-refractivity contribution is 0.0795. The summed E-state index contributed by atoms with van der Waals surface area (Å²) in [7, 11) is 2.92. The van der Waals surface area contributed by atoms with Crippen LogP contribution in [0.3, 0.4) is 0 Å². The number of carbonyl (C=O) groups excluding carboxylic acids is 1. The van der Waals surface area contributed by atoms with Gasteiger partial charge in [-0.25, -0.2) is 9.48 Å². The van der Waals surface area contributed by atoms with Crippen LogP contribution in [0.25, 0.3) is 5.13 Å². The molecule has 1 saturated heterocycles. The highest BCUT2D eigenvalue weighted by Gasteiger charge is 2.30. The van der Waals surface area contributed by atoms with Gasteiger partial charge in [-0.1, -0.05) is 11.3 Å². The first kappa shape index (κ1) is 21.0. The summed E-state index contributed by atoms with van der Waals surface area (Å²) in [5.41, 5.74) is 0.373. The molecule has 1 amide bonds. The Bertz CT molecular complexity index is 1140. The van der Waals surface area contributed by atoms with Crippen LogP contribution in [0, 0.1) is 6.92 Å². The number of aryl methyl sites for hydroxylation is 1. The molecular formula is C18H20N6O6S. The van der Waals surface area contributed by atoms with Gasteiger partial charge in [0, 0.05) is 25.1 Å². The lowest BCUT2D eigenvalue weighted by atomic mass is 10.2. The molecule has 13 heteroatoms. The van der Waals surface area contributed by atoms with Crippen LogP contribution < -0.4 is 21.0 Å². The summed E-state index contributed by atoms with van der Waals surface area (Å²) in [5.74, 6) is -0.924. The number of nitrogens with zero attached hydrogens (tertiary/aromatic N) is 4. The fourth-order valence-electron chi connectivity index (χ4n) is 3.08. The Balaban J connectivity index is 1.55. The zero-order valence-corrected chi connectivity index (χ0v) is 17.8. The van der Waals surface area contributed by atoms with Crippen LogP contribution in [0.4, 0.5) is 10.8 Å². The average Bonchev–Trinajstić information content (AvgIpc) is 3.49. The van der Waals surface area contributed by atoms with Gasteiger partial charge in [0.1, 0.15) is 6.10 Å². The van der Waals surface area contributed by atoms with Crippen LogP contribution in [0.15, 0.2) is 27.5 Å². The first-order valence-corrected chi connectivity index (χ1v) is 10.1. The Morgan fingerprint density at radius 3 is 2.87 bits per heavy atom. The summed E-state index contributed by atoms with van der Waals surface area (Å²) in [6.07, 6.45) is 1.43. The van der Waals surface area contributed by atoms with E-state index in [1.807, 2.05) is 13.0 Å². The highest BCUT2D eigenvalue weighted by molar-refractivity contribution is 7.17. The first-order chi connectivity index (χ1) is 15.0. The lowest BCUT2D eigenvalue weighted by Crippen LogP contribution is -2.34. The zero-order chi connectivity index (χ0) is 22.0. The number of hydrogen-bond acceptors (Lipinski definition) is 11. The molecule has 0 unspecified atom stereocenters. The van der Waals surface area contributed by atoms with Gasteiger partial charge in [0.2, 0.25) is 16.0 Å². The molecule has 0 radical (unpaired) electrons. The van der Waals surface area contributed by atoms with Crippen molar-refractivity contribution in [1.29, 1.82) is 0 Å². The molecule has 31 heavy (non-hydrogen) atoms. The third kappa shape index (κ3) is 4.28. The average molecular weight is 448 g/mol. The number of rotatable bonds is 7. The number of anilines is 2. The van der Waals surface area contributed by atoms with Crippen LogP contribution in [-0.4, -0.2) is 65.5 Å². The van der Waals surface area contributed by atoms with Crippen molar-refractivity contribution in [2.75, 3.05) is 38.1 Å². The van der Waals surface area contributed by atoms with E-state index < -0.39 is 11.5 Å². The van der Waals surface area contributed by atoms with E-state index in [0.717, 1.165) is 17.0 Å². The summed E-state index contributed by atoms with van der Waals surface area (Å²) in [4.78, 5) is 25.1. The van der Waals surface area contributed by atoms with Crippen molar-refractivity contribution in [3.05, 3.63) is 40.2 Å². The Morgan fingerprint density at radius 2 is 2.16 bits per heavy atom. The third-order valence-electron chi connectivity index (χ3n) is 4.66. The van der Waals surface area contributed by atoms with E-state index in [1.165, 1.54) is 13.2 Å². The number of amides is 1. The molecule has 0 spiro atoms. The van der Waals surface area contributed by atoms with Gasteiger partial charge in [0.15, 0.2) is 5.76 Å². The van der Waals surface area contributed by atoms with Crippen LogP contribution in [0.1, 0.15) is 16.2 Å². The van der Waals surface area contributed by atoms with Crippen molar-refractivity contribution < 1.29 is 23.4 Å². The van der Waals surface area contributed by atoms with Crippen molar-refractivity contribution in [2.45, 2.75) is 19.1 Å². The minimum absolute atomic E-state index is 0.0503. The van der Waals surface area contributed by atoms with Crippen LogP contribution in [0.2, 0.25) is 0 Å². The molecular weight excluding hydrogens is 428 g/mol. The molecule has 1 aliphatic heterocycles. The van der Waals surface area contributed by atoms with E-state index in [4.69, 9.17) is 18.6 Å². The van der Waals surface area contributed by atoms with E-state index in [0.29, 0.717) is 24.0 Å². The Hall–Kier alpha value is -3.29. The molecule has 3 aromatic heterocycles. The standard InChI is InChI=1S/C18H20N6O6S/c1-9-4-5-19-24(9)18-23-22-17(31-18)21-15(25)12-6-10(14(28-3)16(26)30-12)20-11-7-29-8-13(11)27-2/h4-6,11,13,20H,7-8H2,1-3H3,(H,21,22,25)/t11-,13+/m0/s1. The lowest BCUT2D eigenvalue weighted by Gasteiger charge is -2.20. The van der Waals surface area contributed by atoms with Gasteiger partial charge >= 0.3 is 5.63 Å². The summed E-state index contributed by atoms with van der Waals surface area (Å²) in [6.45, 7) is 2.67. The second kappa shape index (κ2) is 8.83. The normalized spacial score (nSPS) is 18.2. The van der Waals surface area contributed by atoms with Crippen molar-refractivity contribution in [1.82, 2.24) is 20.0 Å². The van der Waals surface area contributed by atoms with Crippen LogP contribution in [0.5, 0.6) is 5.75 Å². The minimum Gasteiger partial charge on any atom is -0.488 e. The van der Waals surface area contributed by atoms with Gasteiger partial charge in [-0.15, -0.1) is 10.2 Å². The molecule has 4 heterocycles. The van der Waals surface area contributed by atoms with E-state index in [-0.39, 0.29) is 28.8 Å². The quantitative estimate of drug-likeness (QED) is 0.539. The molecule has 2 atom stereocenters. The highest BCUT2D eigenvalue weighted by Crippen LogP contribution is 2.26. The fourth-order valence-corrected chi connectivity index (χ4v) is 3.83. The monoisotopic (exact) mass is 448 g/mol. The van der Waals surface area contributed by atoms with Gasteiger partial charge in [0.05, 0.1) is 32.1 Å². The number of ether oxygens (including phenoxy) is 3. The van der Waals surface area contributed by atoms with Gasteiger partial charge in [-0.05, 0) is 13.0 Å². The Morgan fingerprint density at radius 1 is 1.32 bits per heavy atom. The van der Waals surface area contributed by atoms with Gasteiger partial charge in [-0.3, -0.25) is 10.1 Å². The molecule has 4 rings (SSSR count). The number of carbonyl (C=O) groups is 1. The third-order valence-corrected chi connectivity index (χ3v) is 5.47. The molecule has 164 valence electrons. The second-order valence-electron chi connectivity index (χ2n) is 6.64. The maximum absolute atomic E-state index is 12.7. The maximum atomic E-state index is 12.7. The number of methoxy groups -OCH3 is 2. The van der Waals surface area contributed by atoms with Crippen LogP contribution in [-0.2, 0) is 9.47 Å². The van der Waals surface area contributed by atoms with Crippen molar-refractivity contribution in [3.8, 4) is 10.9 Å². The molecule has 1 aliphatic rings. The smallest absolute Gasteiger partial charge is 0.381 e. The Labute approximate surface area is 180 Å². The largest absolute Gasteiger partial charge is 0.488 e. The van der Waals surface area contributed by atoms with E-state index in [9.17, 15) is 9.59 Å². The van der Waals surface area contributed by atoms with Gasteiger partial charge in [0.25, 0.3) is 5.91 Å². The topological polar surface area (TPSA) is 143 Å². The summed E-state index contributed by atoms with van der Waals surface area (Å²) in [6, 6.07) is 2.99. The molecule has 0 bridgehead atoms. The number of aromatic nitrogens is 4. The molecule has 0 saturated carbocycles. The number of hydrogen-bond donors (Lipinski definition) is 2. The van der Waals surface area contributed by atoms with Gasteiger partial charge in [-0.2, -0.15) is 5.10 Å². The predicted molar refractivity (Wildman–Crippen MR) is 110 cm³/mol. The fraction of sp³-hybridized carbons (Fsp3) is 0.389. The van der Waals surface area contributed by atoms with Gasteiger partial charge < -0.3 is 23.9 Å².